The Kier molecular flexibility index (Phi) is 7.64. The predicted octanol–water partition coefficient (Wildman–Crippen LogP) is 1.57. The number of rotatable bonds is 8. The molecule has 7 heteroatoms. The quantitative estimate of drug-likeness (QED) is 0.647. The van der Waals surface area contributed by atoms with Crippen molar-refractivity contribution in [1.29, 1.82) is 0 Å². The smallest absolute Gasteiger partial charge is 0.335 e. The maximum atomic E-state index is 12.5. The molecule has 3 N–H and O–H groups in total. The summed E-state index contributed by atoms with van der Waals surface area (Å²) >= 11 is 1.46. The van der Waals surface area contributed by atoms with Crippen LogP contribution in [0.25, 0.3) is 0 Å². The Labute approximate surface area is 141 Å². The van der Waals surface area contributed by atoms with Gasteiger partial charge in [-0.2, -0.15) is 0 Å². The highest BCUT2D eigenvalue weighted by atomic mass is 32.2. The summed E-state index contributed by atoms with van der Waals surface area (Å²) in [4.78, 5) is 24.6. The zero-order chi connectivity index (χ0) is 17.5. The van der Waals surface area contributed by atoms with Crippen LogP contribution >= 0.6 is 11.8 Å². The molecule has 0 saturated heterocycles. The molecule has 0 saturated carbocycles. The molecule has 1 rings (SSSR count). The van der Waals surface area contributed by atoms with Gasteiger partial charge in [0, 0.05) is 18.0 Å². The third-order valence-electron chi connectivity index (χ3n) is 3.44. The minimum Gasteiger partial charge on any atom is -0.466 e. The Hall–Kier alpha value is -1.47. The second-order valence-electron chi connectivity index (χ2n) is 5.74. The van der Waals surface area contributed by atoms with Crippen molar-refractivity contribution in [3.05, 3.63) is 23.3 Å². The average molecular weight is 342 g/mol. The highest BCUT2D eigenvalue weighted by molar-refractivity contribution is 8.02. The normalized spacial score (nSPS) is 24.0. The van der Waals surface area contributed by atoms with E-state index in [-0.39, 0.29) is 24.5 Å². The fraction of sp³-hybridized carbons (Fsp3) is 0.625. The van der Waals surface area contributed by atoms with E-state index < -0.39 is 11.5 Å². The number of esters is 2. The highest BCUT2D eigenvalue weighted by Crippen LogP contribution is 2.31. The Morgan fingerprint density at radius 2 is 2.22 bits per heavy atom. The summed E-state index contributed by atoms with van der Waals surface area (Å²) in [6.07, 6.45) is 3.66. The van der Waals surface area contributed by atoms with E-state index in [1.165, 1.54) is 25.1 Å². The predicted molar refractivity (Wildman–Crippen MR) is 91.6 cm³/mol. The lowest BCUT2D eigenvalue weighted by molar-refractivity contribution is -0.149. The molecule has 0 bridgehead atoms. The first-order valence-electron chi connectivity index (χ1n) is 7.64. The molecule has 1 heterocycles. The summed E-state index contributed by atoms with van der Waals surface area (Å²) < 4.78 is 10.1. The molecule has 0 aromatic carbocycles. The number of nitrogens with one attached hydrogen (secondary N) is 1. The van der Waals surface area contributed by atoms with E-state index in [0.29, 0.717) is 17.7 Å². The van der Waals surface area contributed by atoms with Crippen molar-refractivity contribution in [2.45, 2.75) is 38.8 Å². The van der Waals surface area contributed by atoms with Crippen LogP contribution in [-0.4, -0.2) is 43.0 Å². The number of hydrogen-bond donors (Lipinski definition) is 2. The molecule has 130 valence electrons. The second kappa shape index (κ2) is 8.98. The van der Waals surface area contributed by atoms with Crippen molar-refractivity contribution < 1.29 is 19.1 Å². The summed E-state index contributed by atoms with van der Waals surface area (Å²) in [5.41, 5.74) is 4.80. The van der Waals surface area contributed by atoms with Gasteiger partial charge in [0.25, 0.3) is 0 Å². The van der Waals surface area contributed by atoms with Crippen molar-refractivity contribution >= 4 is 23.7 Å². The van der Waals surface area contributed by atoms with Gasteiger partial charge < -0.3 is 15.2 Å². The first-order chi connectivity index (χ1) is 10.9. The summed E-state index contributed by atoms with van der Waals surface area (Å²) in [6.45, 7) is 6.10. The van der Waals surface area contributed by atoms with E-state index in [1.54, 1.807) is 18.4 Å². The SMILES string of the molecule is CCOC(=O)[C@]1(CC(C)C)C=C(C(=O)OC)[C@H](CS/C=C\N)N1. The molecule has 1 aliphatic heterocycles. The average Bonchev–Trinajstić information content (AvgIpc) is 2.86. The van der Waals surface area contributed by atoms with Crippen LogP contribution in [0.15, 0.2) is 23.3 Å². The van der Waals surface area contributed by atoms with Gasteiger partial charge in [-0.05, 0) is 30.7 Å². The summed E-state index contributed by atoms with van der Waals surface area (Å²) in [5, 5.41) is 5.02. The van der Waals surface area contributed by atoms with Crippen LogP contribution in [0.5, 0.6) is 0 Å². The van der Waals surface area contributed by atoms with Crippen LogP contribution in [0.3, 0.4) is 0 Å². The minimum atomic E-state index is -0.995. The Balaban J connectivity index is 3.12. The lowest BCUT2D eigenvalue weighted by atomic mass is 9.89. The number of ether oxygens (including phenoxy) is 2. The molecule has 0 aromatic heterocycles. The van der Waals surface area contributed by atoms with Crippen molar-refractivity contribution in [1.82, 2.24) is 5.32 Å². The van der Waals surface area contributed by atoms with E-state index in [4.69, 9.17) is 15.2 Å². The molecule has 0 amide bonds. The molecule has 0 radical (unpaired) electrons. The zero-order valence-corrected chi connectivity index (χ0v) is 14.9. The highest BCUT2D eigenvalue weighted by Gasteiger charge is 2.47. The molecule has 0 spiro atoms. The lowest BCUT2D eigenvalue weighted by Gasteiger charge is -2.29. The number of methoxy groups -OCH3 is 1. The molecular weight excluding hydrogens is 316 g/mol. The van der Waals surface area contributed by atoms with Crippen molar-refractivity contribution in [2.75, 3.05) is 19.5 Å². The summed E-state index contributed by atoms with van der Waals surface area (Å²) in [7, 11) is 1.33. The molecule has 23 heavy (non-hydrogen) atoms. The number of nitrogens with two attached hydrogens (primary N) is 1. The standard InChI is InChI=1S/C16H26N2O4S/c1-5-22-15(20)16(8-11(2)3)9-12(14(19)21-4)13(18-16)10-23-7-6-17/h6-7,9,11,13,18H,5,8,10,17H2,1-4H3/b7-6-/t13-,16-/m0/s1. The van der Waals surface area contributed by atoms with Crippen LogP contribution in [0.1, 0.15) is 27.2 Å². The second-order valence-corrected chi connectivity index (χ2v) is 6.68. The van der Waals surface area contributed by atoms with Gasteiger partial charge in [0.15, 0.2) is 0 Å². The van der Waals surface area contributed by atoms with Gasteiger partial charge in [-0.3, -0.25) is 5.32 Å². The molecule has 0 aliphatic carbocycles. The molecule has 0 unspecified atom stereocenters. The van der Waals surface area contributed by atoms with Crippen LogP contribution in [0, 0.1) is 5.92 Å². The van der Waals surface area contributed by atoms with Crippen LogP contribution in [0.4, 0.5) is 0 Å². The minimum absolute atomic E-state index is 0.248. The van der Waals surface area contributed by atoms with E-state index in [1.807, 2.05) is 13.8 Å². The summed E-state index contributed by atoms with van der Waals surface area (Å²) in [5.74, 6) is 0.0116. The van der Waals surface area contributed by atoms with Crippen LogP contribution in [0.2, 0.25) is 0 Å². The number of carbonyl (C=O) groups excluding carboxylic acids is 2. The molecule has 6 nitrogen and oxygen atoms in total. The number of hydrogen-bond acceptors (Lipinski definition) is 7. The van der Waals surface area contributed by atoms with Crippen molar-refractivity contribution in [3.63, 3.8) is 0 Å². The number of carbonyl (C=O) groups is 2. The van der Waals surface area contributed by atoms with Crippen molar-refractivity contribution in [2.24, 2.45) is 11.7 Å². The van der Waals surface area contributed by atoms with Gasteiger partial charge in [0.05, 0.1) is 19.3 Å². The largest absolute Gasteiger partial charge is 0.466 e. The topological polar surface area (TPSA) is 90.7 Å². The van der Waals surface area contributed by atoms with E-state index in [2.05, 4.69) is 5.32 Å². The maximum Gasteiger partial charge on any atom is 0.335 e. The van der Waals surface area contributed by atoms with Crippen LogP contribution < -0.4 is 11.1 Å². The molecule has 2 atom stereocenters. The molecule has 1 aliphatic rings. The van der Waals surface area contributed by atoms with Crippen molar-refractivity contribution in [3.8, 4) is 0 Å². The third-order valence-corrected chi connectivity index (χ3v) is 4.31. The van der Waals surface area contributed by atoms with Gasteiger partial charge in [0.2, 0.25) is 0 Å². The van der Waals surface area contributed by atoms with Gasteiger partial charge in [0.1, 0.15) is 5.54 Å². The number of thioether (sulfide) groups is 1. The molecule has 0 fully saturated rings. The molecule has 0 aromatic rings. The third kappa shape index (κ3) is 5.00. The first-order valence-corrected chi connectivity index (χ1v) is 8.69. The first kappa shape index (κ1) is 19.6. The Morgan fingerprint density at radius 1 is 1.52 bits per heavy atom. The van der Waals surface area contributed by atoms with E-state index in [9.17, 15) is 9.59 Å². The van der Waals surface area contributed by atoms with Crippen LogP contribution in [-0.2, 0) is 19.1 Å². The summed E-state index contributed by atoms with van der Waals surface area (Å²) in [6, 6.07) is -0.299. The maximum absolute atomic E-state index is 12.5. The van der Waals surface area contributed by atoms with Gasteiger partial charge >= 0.3 is 11.9 Å². The Bertz CT molecular complexity index is 490. The van der Waals surface area contributed by atoms with E-state index >= 15 is 0 Å². The van der Waals surface area contributed by atoms with Gasteiger partial charge in [-0.1, -0.05) is 13.8 Å². The zero-order valence-electron chi connectivity index (χ0n) is 14.1. The van der Waals surface area contributed by atoms with Gasteiger partial charge in [-0.15, -0.1) is 11.8 Å². The lowest BCUT2D eigenvalue weighted by Crippen LogP contribution is -2.53. The monoisotopic (exact) mass is 342 g/mol. The fourth-order valence-electron chi connectivity index (χ4n) is 2.68. The van der Waals surface area contributed by atoms with Gasteiger partial charge in [-0.25, -0.2) is 9.59 Å². The fourth-order valence-corrected chi connectivity index (χ4v) is 3.35. The van der Waals surface area contributed by atoms with E-state index in [0.717, 1.165) is 0 Å². The molecular formula is C16H26N2O4S. The Morgan fingerprint density at radius 3 is 2.74 bits per heavy atom.